The van der Waals surface area contributed by atoms with Crippen molar-refractivity contribution >= 4 is 11.9 Å². The Labute approximate surface area is 171 Å². The van der Waals surface area contributed by atoms with Gasteiger partial charge in [0, 0.05) is 32.1 Å². The fraction of sp³-hybridized carbons (Fsp3) is 0.500. The summed E-state index contributed by atoms with van der Waals surface area (Å²) in [6.07, 6.45) is -2.62. The number of carbonyl (C=O) groups is 1. The SMILES string of the molecule is CC(=O)N1CC[C@H]2CCN(c3nnc(-c4ccc(C(F)(F)F)cc4O)c(C)n3)[C@H]2C1. The van der Waals surface area contributed by atoms with Crippen LogP contribution in [0.25, 0.3) is 11.3 Å². The Morgan fingerprint density at radius 1 is 1.20 bits per heavy atom. The van der Waals surface area contributed by atoms with E-state index in [2.05, 4.69) is 20.1 Å². The maximum atomic E-state index is 12.8. The minimum Gasteiger partial charge on any atom is -0.507 e. The second kappa shape index (κ2) is 7.41. The first-order valence-corrected chi connectivity index (χ1v) is 9.79. The van der Waals surface area contributed by atoms with E-state index in [1.807, 2.05) is 4.90 Å². The highest BCUT2D eigenvalue weighted by Crippen LogP contribution is 2.37. The summed E-state index contributed by atoms with van der Waals surface area (Å²) in [5, 5.41) is 18.5. The molecular weight excluding hydrogens is 399 g/mol. The maximum Gasteiger partial charge on any atom is 0.416 e. The molecule has 0 saturated carbocycles. The Bertz CT molecular complexity index is 981. The average Bonchev–Trinajstić information content (AvgIpc) is 3.10. The topological polar surface area (TPSA) is 82.5 Å². The lowest BCUT2D eigenvalue weighted by Crippen LogP contribution is -2.50. The zero-order valence-corrected chi connectivity index (χ0v) is 16.6. The van der Waals surface area contributed by atoms with Crippen LogP contribution in [0.3, 0.4) is 0 Å². The molecule has 0 radical (unpaired) electrons. The number of likely N-dealkylation sites (tertiary alicyclic amines) is 1. The monoisotopic (exact) mass is 421 g/mol. The van der Waals surface area contributed by atoms with E-state index in [1.165, 1.54) is 6.07 Å². The van der Waals surface area contributed by atoms with Gasteiger partial charge in [0.25, 0.3) is 0 Å². The van der Waals surface area contributed by atoms with Crippen molar-refractivity contribution in [2.24, 2.45) is 5.92 Å². The number of nitrogens with zero attached hydrogens (tertiary/aromatic N) is 5. The minimum absolute atomic E-state index is 0.0450. The molecule has 10 heteroatoms. The number of rotatable bonds is 2. The Balaban J connectivity index is 1.60. The third kappa shape index (κ3) is 3.66. The number of hydrogen-bond donors (Lipinski definition) is 1. The number of phenolic OH excluding ortho intramolecular Hbond substituents is 1. The molecule has 30 heavy (non-hydrogen) atoms. The largest absolute Gasteiger partial charge is 0.507 e. The van der Waals surface area contributed by atoms with E-state index in [0.29, 0.717) is 30.2 Å². The van der Waals surface area contributed by atoms with Crippen LogP contribution in [0.15, 0.2) is 18.2 Å². The predicted octanol–water partition coefficient (Wildman–Crippen LogP) is 3.02. The fourth-order valence-electron chi connectivity index (χ4n) is 4.35. The van der Waals surface area contributed by atoms with Crippen LogP contribution in [-0.2, 0) is 11.0 Å². The van der Waals surface area contributed by atoms with Gasteiger partial charge in [-0.25, -0.2) is 4.98 Å². The number of fused-ring (bicyclic) bond motifs is 1. The summed E-state index contributed by atoms with van der Waals surface area (Å²) in [6, 6.07) is 2.87. The number of benzene rings is 1. The van der Waals surface area contributed by atoms with Crippen molar-refractivity contribution in [3.05, 3.63) is 29.5 Å². The molecule has 0 aliphatic carbocycles. The molecule has 1 aromatic heterocycles. The zero-order chi connectivity index (χ0) is 21.6. The normalized spacial score (nSPS) is 21.6. The molecule has 1 amide bonds. The number of amides is 1. The van der Waals surface area contributed by atoms with Crippen LogP contribution in [0.1, 0.15) is 31.0 Å². The van der Waals surface area contributed by atoms with Gasteiger partial charge in [-0.15, -0.1) is 10.2 Å². The molecule has 2 aromatic rings. The highest BCUT2D eigenvalue weighted by Gasteiger charge is 2.40. The number of halogens is 3. The third-order valence-electron chi connectivity index (χ3n) is 5.99. The van der Waals surface area contributed by atoms with Gasteiger partial charge in [0.05, 0.1) is 17.3 Å². The summed E-state index contributed by atoms with van der Waals surface area (Å²) in [4.78, 5) is 20.2. The molecule has 2 saturated heterocycles. The fourth-order valence-corrected chi connectivity index (χ4v) is 4.35. The van der Waals surface area contributed by atoms with Gasteiger partial charge in [-0.1, -0.05) is 0 Å². The average molecular weight is 421 g/mol. The molecule has 0 bridgehead atoms. The molecule has 3 heterocycles. The van der Waals surface area contributed by atoms with E-state index in [4.69, 9.17) is 0 Å². The smallest absolute Gasteiger partial charge is 0.416 e. The zero-order valence-electron chi connectivity index (χ0n) is 16.6. The van der Waals surface area contributed by atoms with Crippen molar-refractivity contribution in [1.29, 1.82) is 0 Å². The van der Waals surface area contributed by atoms with Gasteiger partial charge >= 0.3 is 6.18 Å². The van der Waals surface area contributed by atoms with E-state index < -0.39 is 17.5 Å². The lowest BCUT2D eigenvalue weighted by atomic mass is 9.92. The van der Waals surface area contributed by atoms with E-state index >= 15 is 0 Å². The Hall–Kier alpha value is -2.91. The Morgan fingerprint density at radius 3 is 2.57 bits per heavy atom. The van der Waals surface area contributed by atoms with Crippen LogP contribution in [0.2, 0.25) is 0 Å². The number of hydrogen-bond acceptors (Lipinski definition) is 6. The number of carbonyl (C=O) groups excluding carboxylic acids is 1. The summed E-state index contributed by atoms with van der Waals surface area (Å²) in [7, 11) is 0. The van der Waals surface area contributed by atoms with Gasteiger partial charge in [-0.05, 0) is 43.9 Å². The maximum absolute atomic E-state index is 12.8. The van der Waals surface area contributed by atoms with Crippen molar-refractivity contribution in [2.45, 2.75) is 38.9 Å². The van der Waals surface area contributed by atoms with E-state index in [-0.39, 0.29) is 23.2 Å². The van der Waals surface area contributed by atoms with Gasteiger partial charge in [-0.2, -0.15) is 13.2 Å². The molecule has 160 valence electrons. The number of anilines is 1. The number of aromatic hydroxyl groups is 1. The van der Waals surface area contributed by atoms with Crippen LogP contribution in [-0.4, -0.2) is 56.8 Å². The van der Waals surface area contributed by atoms with Crippen molar-refractivity contribution in [3.8, 4) is 17.0 Å². The van der Waals surface area contributed by atoms with Crippen LogP contribution in [0.5, 0.6) is 5.75 Å². The second-order valence-corrected chi connectivity index (χ2v) is 7.84. The quantitative estimate of drug-likeness (QED) is 0.803. The van der Waals surface area contributed by atoms with Crippen molar-refractivity contribution in [2.75, 3.05) is 24.5 Å². The number of alkyl halides is 3. The standard InChI is InChI=1S/C20H22F3N5O2/c1-11-18(15-4-3-14(9-17(15)30)20(21,22)23)25-26-19(24-11)28-8-6-13-5-7-27(12(2)29)10-16(13)28/h3-4,9,13,16,30H,5-8,10H2,1-2H3/t13-,16-/m0/s1. The first-order chi connectivity index (χ1) is 14.1. The van der Waals surface area contributed by atoms with Gasteiger partial charge in [0.2, 0.25) is 11.9 Å². The minimum atomic E-state index is -4.54. The summed E-state index contributed by atoms with van der Waals surface area (Å²) < 4.78 is 38.5. The highest BCUT2D eigenvalue weighted by atomic mass is 19.4. The first kappa shape index (κ1) is 20.4. The molecule has 0 spiro atoms. The van der Waals surface area contributed by atoms with Gasteiger partial charge in [0.1, 0.15) is 11.4 Å². The number of phenols is 1. The number of aromatic nitrogens is 3. The number of aryl methyl sites for hydroxylation is 1. The van der Waals surface area contributed by atoms with Crippen molar-refractivity contribution < 1.29 is 23.1 Å². The van der Waals surface area contributed by atoms with Gasteiger partial charge in [-0.3, -0.25) is 4.79 Å². The lowest BCUT2D eigenvalue weighted by molar-refractivity contribution is -0.137. The van der Waals surface area contributed by atoms with Crippen molar-refractivity contribution in [3.63, 3.8) is 0 Å². The molecule has 7 nitrogen and oxygen atoms in total. The van der Waals surface area contributed by atoms with Crippen LogP contribution < -0.4 is 4.90 Å². The molecule has 2 aliphatic rings. The van der Waals surface area contributed by atoms with Gasteiger partial charge in [0.15, 0.2) is 0 Å². The van der Waals surface area contributed by atoms with Crippen LogP contribution in [0, 0.1) is 12.8 Å². The molecular formula is C20H22F3N5O2. The second-order valence-electron chi connectivity index (χ2n) is 7.84. The summed E-state index contributed by atoms with van der Waals surface area (Å²) in [6.45, 7) is 5.37. The summed E-state index contributed by atoms with van der Waals surface area (Å²) >= 11 is 0. The van der Waals surface area contributed by atoms with Crippen LogP contribution in [0.4, 0.5) is 19.1 Å². The Kier molecular flexibility index (Phi) is 5.03. The van der Waals surface area contributed by atoms with Crippen molar-refractivity contribution in [1.82, 2.24) is 20.1 Å². The molecule has 1 aromatic carbocycles. The molecule has 4 rings (SSSR count). The van der Waals surface area contributed by atoms with E-state index in [0.717, 1.165) is 32.0 Å². The molecule has 1 N–H and O–H groups in total. The van der Waals surface area contributed by atoms with Crippen LogP contribution >= 0.6 is 0 Å². The van der Waals surface area contributed by atoms with E-state index in [9.17, 15) is 23.1 Å². The molecule has 2 aliphatic heterocycles. The number of piperidine rings is 1. The third-order valence-corrected chi connectivity index (χ3v) is 5.99. The molecule has 0 unspecified atom stereocenters. The molecule has 2 fully saturated rings. The summed E-state index contributed by atoms with van der Waals surface area (Å²) in [5.41, 5.74) is -0.103. The molecule has 2 atom stereocenters. The lowest BCUT2D eigenvalue weighted by Gasteiger charge is -2.38. The van der Waals surface area contributed by atoms with E-state index in [1.54, 1.807) is 13.8 Å². The Morgan fingerprint density at radius 2 is 1.93 bits per heavy atom. The van der Waals surface area contributed by atoms with Gasteiger partial charge < -0.3 is 14.9 Å². The first-order valence-electron chi connectivity index (χ1n) is 9.79. The highest BCUT2D eigenvalue weighted by molar-refractivity contribution is 5.73. The summed E-state index contributed by atoms with van der Waals surface area (Å²) in [5.74, 6) is 0.412. The predicted molar refractivity (Wildman–Crippen MR) is 103 cm³/mol.